The third-order valence-corrected chi connectivity index (χ3v) is 1.67. The summed E-state index contributed by atoms with van der Waals surface area (Å²) in [6.45, 7) is 5.10. The van der Waals surface area contributed by atoms with Gasteiger partial charge in [0, 0.05) is 0 Å². The van der Waals surface area contributed by atoms with Crippen LogP contribution in [0.5, 0.6) is 0 Å². The fourth-order valence-electron chi connectivity index (χ4n) is 1.07. The van der Waals surface area contributed by atoms with Crippen LogP contribution in [0.15, 0.2) is 0 Å². The first-order chi connectivity index (χ1) is 4.84. The number of hydrogen-bond acceptors (Lipinski definition) is 2. The molecule has 1 aliphatic rings. The number of rotatable bonds is 0. The Morgan fingerprint density at radius 2 is 2.10 bits per heavy atom. The molecule has 58 valence electrons. The molecular weight excluding hydrogens is 124 g/mol. The molecule has 1 unspecified atom stereocenters. The molecule has 2 nitrogen and oxygen atoms in total. The fraction of sp³-hybridized carbons (Fsp3) is 0.875. The van der Waals surface area contributed by atoms with Gasteiger partial charge in [-0.25, -0.2) is 0 Å². The van der Waals surface area contributed by atoms with E-state index in [0.29, 0.717) is 0 Å². The van der Waals surface area contributed by atoms with Crippen molar-refractivity contribution in [1.29, 1.82) is 5.26 Å². The highest BCUT2D eigenvalue weighted by molar-refractivity contribution is 4.94. The van der Waals surface area contributed by atoms with Crippen LogP contribution in [0, 0.1) is 11.3 Å². The first-order valence-electron chi connectivity index (χ1n) is 3.94. The molecule has 1 rings (SSSR count). The Labute approximate surface area is 63.4 Å². The molecule has 0 aromatic rings. The van der Waals surface area contributed by atoms with Crippen LogP contribution in [0.4, 0.5) is 0 Å². The lowest BCUT2D eigenvalue weighted by Gasteiger charge is -2.09. The smallest absolute Gasteiger partial charge is 0.0975 e. The molecule has 0 radical (unpaired) electrons. The van der Waals surface area contributed by atoms with Gasteiger partial charge in [-0.15, -0.1) is 0 Å². The van der Waals surface area contributed by atoms with Crippen LogP contribution in [0.25, 0.3) is 0 Å². The fourth-order valence-corrected chi connectivity index (χ4v) is 1.07. The summed E-state index contributed by atoms with van der Waals surface area (Å²) in [6, 6.07) is 2.44. The zero-order valence-corrected chi connectivity index (χ0v) is 7.09. The summed E-state index contributed by atoms with van der Waals surface area (Å²) < 4.78 is 0. The summed E-state index contributed by atoms with van der Waals surface area (Å²) in [5.74, 6) is 0. The summed E-state index contributed by atoms with van der Waals surface area (Å²) in [6.07, 6.45) is 2.25. The van der Waals surface area contributed by atoms with Crippen LogP contribution >= 0.6 is 0 Å². The molecule has 1 saturated heterocycles. The van der Waals surface area contributed by atoms with Crippen molar-refractivity contribution in [2.45, 2.75) is 32.7 Å². The molecule has 1 heterocycles. The normalized spacial score (nSPS) is 24.8. The molecule has 1 aliphatic heterocycles. The number of nitriles is 1. The molecule has 0 aliphatic carbocycles. The zero-order chi connectivity index (χ0) is 7.98. The van der Waals surface area contributed by atoms with Gasteiger partial charge >= 0.3 is 0 Å². The maximum atomic E-state index is 8.44. The van der Waals surface area contributed by atoms with Crippen molar-refractivity contribution in [3.8, 4) is 6.07 Å². The van der Waals surface area contributed by atoms with E-state index in [1.165, 1.54) is 6.42 Å². The predicted octanol–water partition coefficient (Wildman–Crippen LogP) is 1.63. The van der Waals surface area contributed by atoms with E-state index in [1.54, 1.807) is 0 Å². The van der Waals surface area contributed by atoms with Crippen LogP contribution in [-0.4, -0.2) is 24.5 Å². The molecule has 0 saturated carbocycles. The highest BCUT2D eigenvalue weighted by Gasteiger charge is 2.18. The Hall–Kier alpha value is -0.550. The minimum absolute atomic E-state index is 0.204. The van der Waals surface area contributed by atoms with Gasteiger partial charge in [0.1, 0.15) is 0 Å². The molecule has 1 atom stereocenters. The highest BCUT2D eigenvalue weighted by Crippen LogP contribution is 2.12. The van der Waals surface area contributed by atoms with Gasteiger partial charge in [0.25, 0.3) is 0 Å². The molecule has 0 N–H and O–H groups in total. The topological polar surface area (TPSA) is 27.0 Å². The van der Waals surface area contributed by atoms with E-state index in [4.69, 9.17) is 5.26 Å². The second kappa shape index (κ2) is 5.25. The van der Waals surface area contributed by atoms with Crippen LogP contribution in [0.3, 0.4) is 0 Å². The van der Waals surface area contributed by atoms with Crippen molar-refractivity contribution < 1.29 is 0 Å². The molecule has 2 heteroatoms. The maximum Gasteiger partial charge on any atom is 0.0975 e. The summed E-state index contributed by atoms with van der Waals surface area (Å²) in [7, 11) is 2.00. The van der Waals surface area contributed by atoms with Gasteiger partial charge < -0.3 is 0 Å². The summed E-state index contributed by atoms with van der Waals surface area (Å²) in [5.41, 5.74) is 0. The molecule has 0 bridgehead atoms. The first kappa shape index (κ1) is 9.45. The minimum atomic E-state index is 0.204. The van der Waals surface area contributed by atoms with Crippen molar-refractivity contribution in [2.24, 2.45) is 0 Å². The average Bonchev–Trinajstić information content (AvgIpc) is 2.39. The Kier molecular flexibility index (Phi) is 4.96. The molecule has 1 fully saturated rings. The van der Waals surface area contributed by atoms with Crippen LogP contribution in [-0.2, 0) is 0 Å². The van der Waals surface area contributed by atoms with Crippen molar-refractivity contribution in [3.63, 3.8) is 0 Å². The van der Waals surface area contributed by atoms with E-state index in [-0.39, 0.29) is 6.04 Å². The quantitative estimate of drug-likeness (QED) is 0.511. The Morgan fingerprint density at radius 3 is 2.30 bits per heavy atom. The van der Waals surface area contributed by atoms with Crippen molar-refractivity contribution in [3.05, 3.63) is 0 Å². The number of likely N-dealkylation sites (tertiary alicyclic amines) is 1. The molecular formula is C8H16N2. The van der Waals surface area contributed by atoms with Gasteiger partial charge in [-0.1, -0.05) is 13.8 Å². The average molecular weight is 140 g/mol. The van der Waals surface area contributed by atoms with Gasteiger partial charge in [0.05, 0.1) is 12.1 Å². The lowest BCUT2D eigenvalue weighted by molar-refractivity contribution is 0.363. The van der Waals surface area contributed by atoms with Gasteiger partial charge in [-0.3, -0.25) is 4.90 Å². The number of hydrogen-bond donors (Lipinski definition) is 0. The largest absolute Gasteiger partial charge is 0.291 e. The van der Waals surface area contributed by atoms with E-state index in [0.717, 1.165) is 13.0 Å². The third-order valence-electron chi connectivity index (χ3n) is 1.67. The lowest BCUT2D eigenvalue weighted by atomic mass is 10.2. The van der Waals surface area contributed by atoms with Crippen LogP contribution in [0.1, 0.15) is 26.7 Å². The summed E-state index contributed by atoms with van der Waals surface area (Å²) in [4.78, 5) is 2.10. The second-order valence-corrected chi connectivity index (χ2v) is 2.27. The summed E-state index contributed by atoms with van der Waals surface area (Å²) in [5, 5.41) is 8.44. The van der Waals surface area contributed by atoms with E-state index in [2.05, 4.69) is 11.0 Å². The second-order valence-electron chi connectivity index (χ2n) is 2.27. The monoisotopic (exact) mass is 140 g/mol. The molecule has 0 spiro atoms. The van der Waals surface area contributed by atoms with Crippen LogP contribution in [0.2, 0.25) is 0 Å². The van der Waals surface area contributed by atoms with Gasteiger partial charge in [-0.2, -0.15) is 5.26 Å². The van der Waals surface area contributed by atoms with Gasteiger partial charge in [-0.05, 0) is 26.4 Å². The van der Waals surface area contributed by atoms with E-state index in [1.807, 2.05) is 20.9 Å². The third kappa shape index (κ3) is 2.36. The summed E-state index contributed by atoms with van der Waals surface area (Å²) >= 11 is 0. The zero-order valence-electron chi connectivity index (χ0n) is 7.09. The van der Waals surface area contributed by atoms with Crippen molar-refractivity contribution in [2.75, 3.05) is 13.6 Å². The molecule has 10 heavy (non-hydrogen) atoms. The molecule has 0 aromatic heterocycles. The maximum absolute atomic E-state index is 8.44. The van der Waals surface area contributed by atoms with E-state index >= 15 is 0 Å². The van der Waals surface area contributed by atoms with Crippen molar-refractivity contribution in [1.82, 2.24) is 4.90 Å². The predicted molar refractivity (Wildman–Crippen MR) is 42.6 cm³/mol. The molecule has 0 aromatic carbocycles. The standard InChI is InChI=1S/C6H10N2.C2H6/c1-8-4-2-3-6(8)5-7;1-2/h6H,2-4H2,1H3;1-2H3. The Bertz CT molecular complexity index is 115. The SMILES string of the molecule is CC.CN1CCCC1C#N. The van der Waals surface area contributed by atoms with E-state index in [9.17, 15) is 0 Å². The van der Waals surface area contributed by atoms with Gasteiger partial charge in [0.15, 0.2) is 0 Å². The van der Waals surface area contributed by atoms with Crippen LogP contribution < -0.4 is 0 Å². The minimum Gasteiger partial charge on any atom is -0.291 e. The number of nitrogens with zero attached hydrogens (tertiary/aromatic N) is 2. The Morgan fingerprint density at radius 1 is 1.50 bits per heavy atom. The van der Waals surface area contributed by atoms with E-state index < -0.39 is 0 Å². The highest BCUT2D eigenvalue weighted by atomic mass is 15.1. The Balaban J connectivity index is 0.000000371. The van der Waals surface area contributed by atoms with Crippen molar-refractivity contribution >= 4 is 0 Å². The first-order valence-corrected chi connectivity index (χ1v) is 3.94. The lowest BCUT2D eigenvalue weighted by Crippen LogP contribution is -2.22. The molecule has 0 amide bonds. The van der Waals surface area contributed by atoms with Gasteiger partial charge in [0.2, 0.25) is 0 Å².